The Labute approximate surface area is 48.7 Å². The summed E-state index contributed by atoms with van der Waals surface area (Å²) in [4.78, 5) is 1.97. The molecule has 0 aliphatic carbocycles. The van der Waals surface area contributed by atoms with E-state index in [1.54, 1.807) is 0 Å². The summed E-state index contributed by atoms with van der Waals surface area (Å²) in [6, 6.07) is 0. The zero-order valence-corrected chi connectivity index (χ0v) is 5.02. The molecular weight excluding hydrogens is 107 g/mol. The van der Waals surface area contributed by atoms with Crippen molar-refractivity contribution in [1.29, 1.82) is 0 Å². The van der Waals surface area contributed by atoms with Crippen LogP contribution in [-0.2, 0) is 0 Å². The molecule has 0 radical (unpaired) electrons. The fourth-order valence-electron chi connectivity index (χ4n) is 0.842. The third-order valence-corrected chi connectivity index (χ3v) is 1.33. The van der Waals surface area contributed by atoms with Gasteiger partial charge in [-0.25, -0.2) is 4.39 Å². The molecule has 1 aliphatic rings. The van der Waals surface area contributed by atoms with E-state index in [1.165, 1.54) is 0 Å². The van der Waals surface area contributed by atoms with Crippen LogP contribution in [0.4, 0.5) is 4.39 Å². The van der Waals surface area contributed by atoms with Crippen molar-refractivity contribution >= 4 is 0 Å². The van der Waals surface area contributed by atoms with Gasteiger partial charge >= 0.3 is 0 Å². The first-order chi connectivity index (χ1) is 3.79. The van der Waals surface area contributed by atoms with Gasteiger partial charge in [-0.05, 0) is 7.05 Å². The first kappa shape index (κ1) is 5.98. The van der Waals surface area contributed by atoms with Crippen molar-refractivity contribution in [1.82, 2.24) is 10.2 Å². The van der Waals surface area contributed by atoms with Crippen LogP contribution in [0.3, 0.4) is 0 Å². The zero-order chi connectivity index (χ0) is 5.98. The molecule has 1 aliphatic heterocycles. The second-order valence-corrected chi connectivity index (χ2v) is 2.18. The van der Waals surface area contributed by atoms with E-state index in [9.17, 15) is 4.39 Å². The van der Waals surface area contributed by atoms with E-state index in [1.807, 2.05) is 11.9 Å². The highest BCUT2D eigenvalue weighted by Crippen LogP contribution is 1.94. The van der Waals surface area contributed by atoms with Gasteiger partial charge in [0.15, 0.2) is 6.30 Å². The molecule has 0 aromatic rings. The van der Waals surface area contributed by atoms with Crippen molar-refractivity contribution in [2.45, 2.75) is 6.30 Å². The van der Waals surface area contributed by atoms with Crippen molar-refractivity contribution in [3.8, 4) is 0 Å². The summed E-state index contributed by atoms with van der Waals surface area (Å²) < 4.78 is 12.3. The van der Waals surface area contributed by atoms with Crippen LogP contribution in [0.1, 0.15) is 0 Å². The fraction of sp³-hybridized carbons (Fsp3) is 1.00. The highest BCUT2D eigenvalue weighted by Gasteiger charge is 2.13. The van der Waals surface area contributed by atoms with Crippen LogP contribution in [0.25, 0.3) is 0 Å². The van der Waals surface area contributed by atoms with E-state index in [0.717, 1.165) is 13.1 Å². The molecule has 1 rings (SSSR count). The minimum atomic E-state index is -0.811. The second kappa shape index (κ2) is 2.42. The van der Waals surface area contributed by atoms with E-state index in [-0.39, 0.29) is 0 Å². The van der Waals surface area contributed by atoms with Crippen LogP contribution < -0.4 is 5.32 Å². The van der Waals surface area contributed by atoms with Crippen molar-refractivity contribution in [2.75, 3.05) is 26.7 Å². The molecule has 0 unspecified atom stereocenters. The number of nitrogens with one attached hydrogen (secondary N) is 1. The number of piperazine rings is 1. The third kappa shape index (κ3) is 1.42. The molecule has 2 nitrogen and oxygen atoms in total. The Bertz CT molecular complexity index is 68.8. The largest absolute Gasteiger partial charge is 0.301 e. The van der Waals surface area contributed by atoms with Gasteiger partial charge in [-0.3, -0.25) is 5.32 Å². The van der Waals surface area contributed by atoms with Crippen LogP contribution in [0.2, 0.25) is 0 Å². The smallest absolute Gasteiger partial charge is 0.163 e. The molecule has 48 valence electrons. The summed E-state index contributed by atoms with van der Waals surface area (Å²) in [6.07, 6.45) is -0.811. The minimum absolute atomic E-state index is 0.528. The standard InChI is InChI=1S/C5H11FN2/c1-8-3-2-7-5(6)4-8/h5,7H,2-4H2,1H3/t5-/m1/s1. The normalized spacial score (nSPS) is 33.0. The Morgan fingerprint density at radius 2 is 2.50 bits per heavy atom. The van der Waals surface area contributed by atoms with E-state index in [0.29, 0.717) is 6.54 Å². The lowest BCUT2D eigenvalue weighted by molar-refractivity contribution is 0.147. The predicted molar refractivity (Wildman–Crippen MR) is 30.4 cm³/mol. The van der Waals surface area contributed by atoms with Crippen LogP contribution in [0.15, 0.2) is 0 Å². The maximum absolute atomic E-state index is 12.3. The number of nitrogens with zero attached hydrogens (tertiary/aromatic N) is 1. The second-order valence-electron chi connectivity index (χ2n) is 2.18. The molecule has 0 aromatic carbocycles. The Morgan fingerprint density at radius 1 is 1.75 bits per heavy atom. The molecule has 1 atom stereocenters. The molecule has 1 heterocycles. The Morgan fingerprint density at radius 3 is 2.88 bits per heavy atom. The number of hydrogen-bond acceptors (Lipinski definition) is 2. The van der Waals surface area contributed by atoms with Crippen LogP contribution in [0, 0.1) is 0 Å². The Balaban J connectivity index is 2.23. The van der Waals surface area contributed by atoms with Crippen molar-refractivity contribution < 1.29 is 4.39 Å². The summed E-state index contributed by atoms with van der Waals surface area (Å²) in [7, 11) is 1.92. The summed E-state index contributed by atoms with van der Waals surface area (Å²) in [5.74, 6) is 0. The SMILES string of the molecule is CN1CCN[C@@H](F)C1. The van der Waals surface area contributed by atoms with E-state index < -0.39 is 6.30 Å². The quantitative estimate of drug-likeness (QED) is 0.444. The van der Waals surface area contributed by atoms with Gasteiger partial charge in [0.1, 0.15) is 0 Å². The zero-order valence-electron chi connectivity index (χ0n) is 5.02. The minimum Gasteiger partial charge on any atom is -0.301 e. The Kier molecular flexibility index (Phi) is 1.81. The molecule has 3 heteroatoms. The van der Waals surface area contributed by atoms with E-state index in [4.69, 9.17) is 0 Å². The average Bonchev–Trinajstić information content (AvgIpc) is 1.64. The molecule has 0 bridgehead atoms. The molecule has 8 heavy (non-hydrogen) atoms. The van der Waals surface area contributed by atoms with E-state index >= 15 is 0 Å². The molecule has 0 amide bonds. The monoisotopic (exact) mass is 118 g/mol. The number of alkyl halides is 1. The molecule has 1 N–H and O–H groups in total. The molecule has 1 fully saturated rings. The number of halogens is 1. The van der Waals surface area contributed by atoms with Crippen molar-refractivity contribution in [3.63, 3.8) is 0 Å². The first-order valence-corrected chi connectivity index (χ1v) is 2.85. The van der Waals surface area contributed by atoms with Gasteiger partial charge in [0.2, 0.25) is 0 Å². The highest BCUT2D eigenvalue weighted by molar-refractivity contribution is 4.67. The van der Waals surface area contributed by atoms with Gasteiger partial charge in [-0.15, -0.1) is 0 Å². The van der Waals surface area contributed by atoms with Crippen LogP contribution in [-0.4, -0.2) is 37.9 Å². The summed E-state index contributed by atoms with van der Waals surface area (Å²) >= 11 is 0. The highest BCUT2D eigenvalue weighted by atomic mass is 19.1. The lowest BCUT2D eigenvalue weighted by Gasteiger charge is -2.25. The Hall–Kier alpha value is -0.150. The molecular formula is C5H11FN2. The van der Waals surface area contributed by atoms with Gasteiger partial charge < -0.3 is 4.90 Å². The third-order valence-electron chi connectivity index (χ3n) is 1.33. The summed E-state index contributed by atoms with van der Waals surface area (Å²) in [5, 5.41) is 2.70. The van der Waals surface area contributed by atoms with Crippen LogP contribution >= 0.6 is 0 Å². The van der Waals surface area contributed by atoms with Gasteiger partial charge in [-0.2, -0.15) is 0 Å². The molecule has 0 aromatic heterocycles. The number of hydrogen-bond donors (Lipinski definition) is 1. The van der Waals surface area contributed by atoms with Gasteiger partial charge in [0.25, 0.3) is 0 Å². The molecule has 1 saturated heterocycles. The lowest BCUT2D eigenvalue weighted by Crippen LogP contribution is -2.46. The average molecular weight is 118 g/mol. The number of rotatable bonds is 0. The first-order valence-electron chi connectivity index (χ1n) is 2.85. The molecule has 0 saturated carbocycles. The van der Waals surface area contributed by atoms with Crippen molar-refractivity contribution in [2.24, 2.45) is 0 Å². The van der Waals surface area contributed by atoms with Crippen LogP contribution in [0.5, 0.6) is 0 Å². The maximum Gasteiger partial charge on any atom is 0.163 e. The predicted octanol–water partition coefficient (Wildman–Crippen LogP) is -0.183. The summed E-state index contributed by atoms with van der Waals surface area (Å²) in [5.41, 5.74) is 0. The van der Waals surface area contributed by atoms with Gasteiger partial charge in [0.05, 0.1) is 0 Å². The number of likely N-dealkylation sites (N-methyl/N-ethyl adjacent to an activating group) is 1. The summed E-state index contributed by atoms with van der Waals surface area (Å²) in [6.45, 7) is 2.26. The van der Waals surface area contributed by atoms with Gasteiger partial charge in [-0.1, -0.05) is 0 Å². The lowest BCUT2D eigenvalue weighted by atomic mass is 10.4. The molecule has 0 spiro atoms. The fourth-order valence-corrected chi connectivity index (χ4v) is 0.842. The van der Waals surface area contributed by atoms with E-state index in [2.05, 4.69) is 5.32 Å². The topological polar surface area (TPSA) is 15.3 Å². The van der Waals surface area contributed by atoms with Gasteiger partial charge in [0, 0.05) is 19.6 Å². The maximum atomic E-state index is 12.3. The van der Waals surface area contributed by atoms with Crippen molar-refractivity contribution in [3.05, 3.63) is 0 Å².